The molecule has 0 aliphatic carbocycles. The minimum atomic E-state index is -5.08. The zero-order chi connectivity index (χ0) is 62.1. The van der Waals surface area contributed by atoms with E-state index in [0.29, 0.717) is 54.1 Å². The Morgan fingerprint density at radius 1 is 0.857 bits per heavy atom. The number of carboxylic acids is 1. The summed E-state index contributed by atoms with van der Waals surface area (Å²) in [4.78, 5) is 112. The predicted molar refractivity (Wildman–Crippen MR) is 296 cm³/mol. The largest absolute Gasteiger partial charge is 0.496 e. The lowest BCUT2D eigenvalue weighted by Gasteiger charge is -2.29. The number of imidazole rings is 1. The lowest BCUT2D eigenvalue weighted by atomic mass is 10.0. The van der Waals surface area contributed by atoms with Crippen LogP contribution in [-0.4, -0.2) is 178 Å². The number of methoxy groups -OCH3 is 1. The van der Waals surface area contributed by atoms with Crippen molar-refractivity contribution >= 4 is 64.3 Å². The molecule has 0 radical (unpaired) electrons. The number of aliphatic hydroxyl groups is 1. The first kappa shape index (κ1) is 68.3. The van der Waals surface area contributed by atoms with Gasteiger partial charge >= 0.3 is 29.9 Å². The number of hydrogen-bond donors (Lipinski definition) is 8. The highest BCUT2D eigenvalue weighted by Gasteiger charge is 2.38. The number of aliphatic carboxylic acids is 1. The Kier molecular flexibility index (Phi) is 27.0. The molecular formula is C54H74F3N11O16. The number of fused-ring (bicyclic) bond motifs is 1. The van der Waals surface area contributed by atoms with E-state index in [1.165, 1.54) is 28.7 Å². The van der Waals surface area contributed by atoms with Gasteiger partial charge in [-0.2, -0.15) is 23.1 Å². The second-order valence-corrected chi connectivity index (χ2v) is 19.8. The number of carboxylic acid groups (broad SMARTS) is 1. The van der Waals surface area contributed by atoms with Crippen LogP contribution < -0.4 is 42.6 Å². The van der Waals surface area contributed by atoms with E-state index in [2.05, 4.69) is 30.9 Å². The summed E-state index contributed by atoms with van der Waals surface area (Å²) in [7, 11) is 1.48. The van der Waals surface area contributed by atoms with Crippen molar-refractivity contribution in [2.75, 3.05) is 84.0 Å². The summed E-state index contributed by atoms with van der Waals surface area (Å²) in [5, 5.41) is 26.3. The van der Waals surface area contributed by atoms with Gasteiger partial charge in [-0.05, 0) is 81.8 Å². The van der Waals surface area contributed by atoms with Crippen molar-refractivity contribution in [2.24, 2.45) is 11.7 Å². The number of nitrogens with zero attached hydrogens (tertiary/aromatic N) is 5. The first-order chi connectivity index (χ1) is 39.7. The van der Waals surface area contributed by atoms with Gasteiger partial charge in [0.25, 0.3) is 11.8 Å². The molecule has 3 heterocycles. The minimum Gasteiger partial charge on any atom is -0.496 e. The molecule has 84 heavy (non-hydrogen) atoms. The molecule has 27 nitrogen and oxygen atoms in total. The number of alkyl halides is 3. The fourth-order valence-corrected chi connectivity index (χ4v) is 7.90. The fourth-order valence-electron chi connectivity index (χ4n) is 7.90. The second-order valence-electron chi connectivity index (χ2n) is 19.8. The minimum absolute atomic E-state index is 0.0210. The van der Waals surface area contributed by atoms with Gasteiger partial charge in [0.05, 0.1) is 78.6 Å². The molecule has 30 heteroatoms. The van der Waals surface area contributed by atoms with Crippen LogP contribution in [0.3, 0.4) is 0 Å². The van der Waals surface area contributed by atoms with Gasteiger partial charge in [0, 0.05) is 36.4 Å². The zero-order valence-corrected chi connectivity index (χ0v) is 47.6. The fraction of sp³-hybridized carbons (Fsp3) is 0.519. The quantitative estimate of drug-likeness (QED) is 0.0251. The maximum Gasteiger partial charge on any atom is 0.490 e. The third-order valence-electron chi connectivity index (χ3n) is 12.0. The molecule has 462 valence electrons. The number of unbranched alkanes of at least 4 members (excludes halogenated alkanes) is 1. The number of aromatic nitrogens is 4. The molecule has 1 aliphatic heterocycles. The summed E-state index contributed by atoms with van der Waals surface area (Å²) in [6, 6.07) is 10.0. The molecule has 0 saturated carbocycles. The van der Waals surface area contributed by atoms with Gasteiger partial charge in [-0.25, -0.2) is 14.4 Å². The highest BCUT2D eigenvalue weighted by Crippen LogP contribution is 2.26. The Morgan fingerprint density at radius 3 is 2.06 bits per heavy atom. The van der Waals surface area contributed by atoms with Crippen molar-refractivity contribution in [3.05, 3.63) is 81.8 Å². The Hall–Kier alpha value is -8.19. The van der Waals surface area contributed by atoms with Crippen LogP contribution in [0.25, 0.3) is 11.2 Å². The van der Waals surface area contributed by atoms with Crippen molar-refractivity contribution in [1.82, 2.24) is 40.0 Å². The monoisotopic (exact) mass is 1190 g/mol. The van der Waals surface area contributed by atoms with Gasteiger partial charge in [0.1, 0.15) is 30.0 Å². The molecule has 0 unspecified atom stereocenters. The van der Waals surface area contributed by atoms with Crippen LogP contribution in [0, 0.1) is 5.92 Å². The van der Waals surface area contributed by atoms with Crippen molar-refractivity contribution in [3.8, 4) is 11.8 Å². The molecule has 0 bridgehead atoms. The summed E-state index contributed by atoms with van der Waals surface area (Å²) in [6.45, 7) is 10.5. The number of halogens is 3. The molecule has 2 aromatic heterocycles. The molecule has 0 fully saturated rings. The third-order valence-corrected chi connectivity index (χ3v) is 12.0. The van der Waals surface area contributed by atoms with Crippen LogP contribution in [0.4, 0.5) is 29.5 Å². The van der Waals surface area contributed by atoms with Gasteiger partial charge in [0.2, 0.25) is 17.7 Å². The van der Waals surface area contributed by atoms with Crippen molar-refractivity contribution in [2.45, 2.75) is 104 Å². The third kappa shape index (κ3) is 22.5. The number of hydrogen-bond acceptors (Lipinski definition) is 19. The van der Waals surface area contributed by atoms with Crippen molar-refractivity contribution < 1.29 is 85.4 Å². The smallest absolute Gasteiger partial charge is 0.490 e. The molecule has 0 saturated heterocycles. The highest BCUT2D eigenvalue weighted by molar-refractivity contribution is 6.12. The summed E-state index contributed by atoms with van der Waals surface area (Å²) in [5.41, 5.74) is 12.9. The average Bonchev–Trinajstić information content (AvgIpc) is 2.37. The summed E-state index contributed by atoms with van der Waals surface area (Å²) in [6.07, 6.45) is -1.92. The van der Waals surface area contributed by atoms with Crippen LogP contribution in [-0.2, 0) is 67.4 Å². The number of ether oxygens (including phenoxy) is 6. The van der Waals surface area contributed by atoms with Gasteiger partial charge in [-0.15, -0.1) is 0 Å². The van der Waals surface area contributed by atoms with Crippen molar-refractivity contribution in [1.29, 1.82) is 0 Å². The number of amides is 6. The molecule has 2 aromatic carbocycles. The Balaban J connectivity index is 0.00000203. The summed E-state index contributed by atoms with van der Waals surface area (Å²) < 4.78 is 66.4. The van der Waals surface area contributed by atoms with Gasteiger partial charge in [-0.3, -0.25) is 33.4 Å². The average molecular weight is 1190 g/mol. The Morgan fingerprint density at radius 2 is 1.48 bits per heavy atom. The van der Waals surface area contributed by atoms with Crippen LogP contribution in [0.1, 0.15) is 77.0 Å². The predicted octanol–water partition coefficient (Wildman–Crippen LogP) is 2.76. The van der Waals surface area contributed by atoms with E-state index in [1.54, 1.807) is 77.1 Å². The van der Waals surface area contributed by atoms with Crippen LogP contribution >= 0.6 is 0 Å². The number of imide groups is 1. The Bertz CT molecular complexity index is 2930. The zero-order valence-electron chi connectivity index (χ0n) is 47.6. The van der Waals surface area contributed by atoms with E-state index in [9.17, 15) is 51.8 Å². The van der Waals surface area contributed by atoms with E-state index in [4.69, 9.17) is 49.8 Å². The molecule has 5 rings (SSSR count). The first-order valence-corrected chi connectivity index (χ1v) is 26.7. The first-order valence-electron chi connectivity index (χ1n) is 26.7. The lowest BCUT2D eigenvalue weighted by Crippen LogP contribution is -2.54. The number of carbonyl (C=O) groups is 7. The lowest BCUT2D eigenvalue weighted by molar-refractivity contribution is -0.192. The number of H-pyrrole nitrogens is 1. The van der Waals surface area contributed by atoms with Crippen LogP contribution in [0.2, 0.25) is 0 Å². The molecular weight excluding hydrogens is 1120 g/mol. The maximum absolute atomic E-state index is 13.7. The number of nitrogens with two attached hydrogens (primary N) is 2. The SMILES string of the molecule is CCOc1nc(N)c2[nH]c(=O)n(Cc3ccc(CN(CC(C)(C)O)C(=O)OCc4ccc(NC(=O)[C@H](CCCCN)NC(=O)[C@@H](NC(=O)CCOCCOCCOCCN5C(=O)C=CC5=O)C(C)C)cc4)cc3OC)c2n1.O=C(O)C(F)(F)F. The number of carbonyl (C=O) groups excluding carboxylic acids is 6. The normalized spacial score (nSPS) is 13.1. The van der Waals surface area contributed by atoms with Gasteiger partial charge in [0.15, 0.2) is 11.5 Å². The highest BCUT2D eigenvalue weighted by atomic mass is 19.4. The van der Waals surface area contributed by atoms with E-state index in [-0.39, 0.29) is 126 Å². The molecule has 2 atom stereocenters. The number of nitrogen functional groups attached to an aromatic ring is 1. The molecule has 10 N–H and O–H groups in total. The van der Waals surface area contributed by atoms with Gasteiger partial charge in [-0.1, -0.05) is 38.1 Å². The van der Waals surface area contributed by atoms with Crippen LogP contribution in [0.15, 0.2) is 59.4 Å². The van der Waals surface area contributed by atoms with E-state index in [0.717, 1.165) is 4.90 Å². The molecule has 1 aliphatic rings. The molecule has 6 amide bonds. The van der Waals surface area contributed by atoms with Crippen LogP contribution in [0.5, 0.6) is 11.8 Å². The van der Waals surface area contributed by atoms with E-state index < -0.39 is 59.3 Å². The number of anilines is 2. The van der Waals surface area contributed by atoms with E-state index >= 15 is 0 Å². The maximum atomic E-state index is 13.7. The molecule has 0 spiro atoms. The van der Waals surface area contributed by atoms with E-state index in [1.807, 2.05) is 0 Å². The van der Waals surface area contributed by atoms with Crippen molar-refractivity contribution in [3.63, 3.8) is 0 Å². The summed E-state index contributed by atoms with van der Waals surface area (Å²) >= 11 is 0. The Labute approximate surface area is 481 Å². The number of aromatic amines is 1. The number of rotatable bonds is 33. The topological polar surface area (TPSA) is 374 Å². The number of benzene rings is 2. The summed E-state index contributed by atoms with van der Waals surface area (Å²) in [5.74, 6) is -4.74. The standard InChI is InChI=1S/C52H73N11O14.C2HF3O2/c1-7-76-49-59-45(54)44-46(60-49)63(50(69)58-44)30-36-14-11-35(28-39(36)72-6)29-61(32-52(4,5)71)51(70)77-31-34-12-15-37(16-13-34)55-47(67)38(10-8-9-20-53)56-48(68)43(33(2)3)57-40(64)19-22-73-24-26-75-27-25-74-23-21-62-41(65)17-18-42(62)66;3-2(4,5)1(6)7/h11-18,28,33,38,43,71H,7-10,19-27,29-32,53H2,1-6H3,(H,55,67)(H,56,68)(H,57,64)(H,58,69)(H2,54,59,60);(H,6,7)/t38-,43-;/m0./s1. The molecule has 4 aromatic rings. The second kappa shape index (κ2) is 33.2. The number of nitrogens with one attached hydrogen (secondary N) is 4. The van der Waals surface area contributed by atoms with Gasteiger partial charge < -0.3 is 75.9 Å².